The van der Waals surface area contributed by atoms with Crippen molar-refractivity contribution in [3.8, 4) is 11.5 Å². The van der Waals surface area contributed by atoms with Crippen molar-refractivity contribution in [3.05, 3.63) is 66.1 Å². The first-order chi connectivity index (χ1) is 11.8. The molecule has 0 radical (unpaired) electrons. The Kier molecular flexibility index (Phi) is 4.09. The highest BCUT2D eigenvalue weighted by Crippen LogP contribution is 2.32. The second-order valence-corrected chi connectivity index (χ2v) is 5.30. The maximum Gasteiger partial charge on any atom is 0.433 e. The van der Waals surface area contributed by atoms with Crippen molar-refractivity contribution in [2.24, 2.45) is 16.5 Å². The Balaban J connectivity index is 1.80. The molecule has 0 saturated heterocycles. The van der Waals surface area contributed by atoms with E-state index in [1.807, 2.05) is 0 Å². The van der Waals surface area contributed by atoms with Gasteiger partial charge in [0.1, 0.15) is 17.2 Å². The lowest BCUT2D eigenvalue weighted by Gasteiger charge is -2.25. The molecule has 130 valence electrons. The van der Waals surface area contributed by atoms with Gasteiger partial charge in [0, 0.05) is 18.5 Å². The van der Waals surface area contributed by atoms with E-state index in [1.165, 1.54) is 6.07 Å². The van der Waals surface area contributed by atoms with Crippen molar-refractivity contribution in [2.75, 3.05) is 0 Å². The Morgan fingerprint density at radius 3 is 2.44 bits per heavy atom. The lowest BCUT2D eigenvalue weighted by atomic mass is 10.00. The maximum atomic E-state index is 12.7. The molecule has 0 saturated carbocycles. The van der Waals surface area contributed by atoms with E-state index in [1.54, 1.807) is 36.5 Å². The number of aliphatic imine (C=N–C) groups is 1. The zero-order valence-corrected chi connectivity index (χ0v) is 12.8. The first-order valence-corrected chi connectivity index (χ1v) is 7.16. The summed E-state index contributed by atoms with van der Waals surface area (Å²) in [6.45, 7) is 0. The quantitative estimate of drug-likeness (QED) is 0.790. The van der Waals surface area contributed by atoms with Crippen LogP contribution in [0.1, 0.15) is 11.3 Å². The van der Waals surface area contributed by atoms with Gasteiger partial charge in [-0.05, 0) is 29.8 Å². The number of nitrogens with two attached hydrogens (primary N) is 2. The highest BCUT2D eigenvalue weighted by Gasteiger charge is 2.32. The first-order valence-electron chi connectivity index (χ1n) is 7.16. The van der Waals surface area contributed by atoms with Gasteiger partial charge >= 0.3 is 6.18 Å². The Morgan fingerprint density at radius 1 is 1.08 bits per heavy atom. The number of pyridine rings is 1. The molecule has 6 nitrogen and oxygen atoms in total. The number of rotatable bonds is 3. The minimum atomic E-state index is -4.53. The van der Waals surface area contributed by atoms with Gasteiger partial charge in [-0.1, -0.05) is 12.1 Å². The van der Waals surface area contributed by atoms with Crippen molar-refractivity contribution in [2.45, 2.75) is 11.8 Å². The molecule has 0 aliphatic carbocycles. The standard InChI is InChI=1S/C16H14F3N5O/c17-16(18,19)13-9-12(5-7-22-13)25-11-3-1-10(2-4-11)15(21)6-8-23-14(20)24-15/h1-9H,21H2,(H3,20,23,24). The van der Waals surface area contributed by atoms with Gasteiger partial charge in [0.15, 0.2) is 11.6 Å². The van der Waals surface area contributed by atoms with Gasteiger partial charge in [-0.2, -0.15) is 13.2 Å². The number of hydrogen-bond acceptors (Lipinski definition) is 6. The molecule has 25 heavy (non-hydrogen) atoms. The van der Waals surface area contributed by atoms with Crippen molar-refractivity contribution < 1.29 is 17.9 Å². The number of nitrogens with one attached hydrogen (secondary N) is 1. The number of alkyl halides is 3. The smallest absolute Gasteiger partial charge is 0.433 e. The highest BCUT2D eigenvalue weighted by atomic mass is 19.4. The van der Waals surface area contributed by atoms with Crippen molar-refractivity contribution in [3.63, 3.8) is 0 Å². The molecule has 9 heteroatoms. The third kappa shape index (κ3) is 3.72. The average molecular weight is 349 g/mol. The molecule has 0 spiro atoms. The number of benzene rings is 1. The molecule has 1 aromatic heterocycles. The van der Waals surface area contributed by atoms with Crippen molar-refractivity contribution in [1.82, 2.24) is 10.3 Å². The molecule has 1 aromatic carbocycles. The summed E-state index contributed by atoms with van der Waals surface area (Å²) in [7, 11) is 0. The van der Waals surface area contributed by atoms with Crippen LogP contribution in [0.4, 0.5) is 13.2 Å². The van der Waals surface area contributed by atoms with Crippen LogP contribution in [0.2, 0.25) is 0 Å². The molecule has 5 N–H and O–H groups in total. The van der Waals surface area contributed by atoms with E-state index in [9.17, 15) is 13.2 Å². The van der Waals surface area contributed by atoms with Crippen LogP contribution < -0.4 is 21.5 Å². The van der Waals surface area contributed by atoms with E-state index in [0.29, 0.717) is 11.3 Å². The van der Waals surface area contributed by atoms with Crippen LogP contribution in [0.15, 0.2) is 59.9 Å². The first kappa shape index (κ1) is 16.8. The minimum Gasteiger partial charge on any atom is -0.457 e. The second kappa shape index (κ2) is 6.10. The van der Waals surface area contributed by atoms with Gasteiger partial charge in [0.25, 0.3) is 0 Å². The highest BCUT2D eigenvalue weighted by molar-refractivity contribution is 5.80. The summed E-state index contributed by atoms with van der Waals surface area (Å²) in [5.41, 5.74) is 10.3. The zero-order chi connectivity index (χ0) is 18.1. The molecule has 1 aliphatic rings. The van der Waals surface area contributed by atoms with Crippen molar-refractivity contribution >= 4 is 5.96 Å². The number of guanidine groups is 1. The molecule has 0 fully saturated rings. The van der Waals surface area contributed by atoms with Gasteiger partial charge in [-0.15, -0.1) is 0 Å². The minimum absolute atomic E-state index is 0.0292. The lowest BCUT2D eigenvalue weighted by molar-refractivity contribution is -0.141. The maximum absolute atomic E-state index is 12.7. The van der Waals surface area contributed by atoms with Gasteiger partial charge < -0.3 is 15.8 Å². The zero-order valence-electron chi connectivity index (χ0n) is 12.8. The monoisotopic (exact) mass is 349 g/mol. The molecule has 1 unspecified atom stereocenters. The fraction of sp³-hybridized carbons (Fsp3) is 0.125. The third-order valence-corrected chi connectivity index (χ3v) is 3.45. The van der Waals surface area contributed by atoms with Gasteiger partial charge in [0.2, 0.25) is 0 Å². The summed E-state index contributed by atoms with van der Waals surface area (Å²) in [6, 6.07) is 8.66. The Hall–Kier alpha value is -3.07. The topological polar surface area (TPSA) is 98.5 Å². The van der Waals surface area contributed by atoms with Crippen LogP contribution in [-0.4, -0.2) is 10.9 Å². The van der Waals surface area contributed by atoms with E-state index in [4.69, 9.17) is 16.2 Å². The summed E-state index contributed by atoms with van der Waals surface area (Å²) in [5.74, 6) is 0.560. The van der Waals surface area contributed by atoms with Crippen LogP contribution in [0.5, 0.6) is 11.5 Å². The molecular weight excluding hydrogens is 335 g/mol. The van der Waals surface area contributed by atoms with E-state index in [0.717, 1.165) is 12.3 Å². The fourth-order valence-electron chi connectivity index (χ4n) is 2.24. The van der Waals surface area contributed by atoms with E-state index >= 15 is 0 Å². The largest absolute Gasteiger partial charge is 0.457 e. The number of hydrogen-bond donors (Lipinski definition) is 3. The summed E-state index contributed by atoms with van der Waals surface area (Å²) in [6.07, 6.45) is -0.271. The number of nitrogens with zero attached hydrogens (tertiary/aromatic N) is 2. The van der Waals surface area contributed by atoms with Gasteiger partial charge in [-0.3, -0.25) is 10.7 Å². The Bertz CT molecular complexity index is 832. The number of aromatic nitrogens is 1. The SMILES string of the molecule is NC1=NC(N)(c2ccc(Oc3ccnc(C(F)(F)F)c3)cc2)C=CN1. The molecule has 1 atom stereocenters. The van der Waals surface area contributed by atoms with Gasteiger partial charge in [-0.25, -0.2) is 4.99 Å². The molecule has 0 amide bonds. The fourth-order valence-corrected chi connectivity index (χ4v) is 2.24. The molecule has 2 aromatic rings. The van der Waals surface area contributed by atoms with E-state index in [-0.39, 0.29) is 11.7 Å². The van der Waals surface area contributed by atoms with Crippen LogP contribution >= 0.6 is 0 Å². The number of ether oxygens (including phenoxy) is 1. The number of halogens is 3. The van der Waals surface area contributed by atoms with Crippen LogP contribution in [0.25, 0.3) is 0 Å². The molecule has 1 aliphatic heterocycles. The lowest BCUT2D eigenvalue weighted by Crippen LogP contribution is -2.42. The van der Waals surface area contributed by atoms with Crippen LogP contribution in [-0.2, 0) is 11.8 Å². The van der Waals surface area contributed by atoms with Crippen LogP contribution in [0.3, 0.4) is 0 Å². The van der Waals surface area contributed by atoms with Crippen molar-refractivity contribution in [1.29, 1.82) is 0 Å². The molecular formula is C16H14F3N5O. The molecule has 0 bridgehead atoms. The Morgan fingerprint density at radius 2 is 1.80 bits per heavy atom. The third-order valence-electron chi connectivity index (χ3n) is 3.45. The summed E-state index contributed by atoms with van der Waals surface area (Å²) in [4.78, 5) is 7.42. The Labute approximate surface area is 141 Å². The molecule has 3 rings (SSSR count). The van der Waals surface area contributed by atoms with Gasteiger partial charge in [0.05, 0.1) is 0 Å². The normalized spacial score (nSPS) is 19.9. The second-order valence-electron chi connectivity index (χ2n) is 5.30. The summed E-state index contributed by atoms with van der Waals surface area (Å²) < 4.78 is 43.5. The molecule has 2 heterocycles. The van der Waals surface area contributed by atoms with E-state index < -0.39 is 17.5 Å². The van der Waals surface area contributed by atoms with Crippen LogP contribution in [0, 0.1) is 0 Å². The predicted octanol–water partition coefficient (Wildman–Crippen LogP) is 2.44. The predicted molar refractivity (Wildman–Crippen MR) is 85.5 cm³/mol. The summed E-state index contributed by atoms with van der Waals surface area (Å²) >= 11 is 0. The summed E-state index contributed by atoms with van der Waals surface area (Å²) in [5, 5.41) is 2.71. The van der Waals surface area contributed by atoms with E-state index in [2.05, 4.69) is 15.3 Å². The average Bonchev–Trinajstić information content (AvgIpc) is 2.55.